The maximum atomic E-state index is 13.5. The Morgan fingerprint density at radius 3 is 2.57 bits per heavy atom. The zero-order valence-corrected chi connectivity index (χ0v) is 19.6. The van der Waals surface area contributed by atoms with Crippen molar-refractivity contribution in [2.45, 2.75) is 6.92 Å². The minimum absolute atomic E-state index is 0.164. The van der Waals surface area contributed by atoms with Crippen LogP contribution in [0.4, 0.5) is 5.69 Å². The number of rotatable bonds is 5. The molecule has 0 aliphatic carbocycles. The normalized spacial score (nSPS) is 10.7. The molecule has 7 nitrogen and oxygen atoms in total. The van der Waals surface area contributed by atoms with Gasteiger partial charge >= 0.3 is 0 Å². The highest BCUT2D eigenvalue weighted by Crippen LogP contribution is 2.35. The Hall–Kier alpha value is -2.13. The van der Waals surface area contributed by atoms with E-state index in [9.17, 15) is 9.59 Å². The lowest BCUT2D eigenvalue weighted by atomic mass is 10.1. The highest BCUT2D eigenvalue weighted by molar-refractivity contribution is 9.10. The summed E-state index contributed by atoms with van der Waals surface area (Å²) in [5.41, 5.74) is 0.591. The maximum Gasteiger partial charge on any atom is 0.277 e. The quantitative estimate of drug-likeness (QED) is 0.502. The third-order valence-electron chi connectivity index (χ3n) is 4.17. The lowest BCUT2D eigenvalue weighted by Crippen LogP contribution is -2.35. The lowest BCUT2D eigenvalue weighted by molar-refractivity contribution is 0.0963. The van der Waals surface area contributed by atoms with Gasteiger partial charge in [0.1, 0.15) is 10.3 Å². The van der Waals surface area contributed by atoms with Crippen molar-refractivity contribution in [2.75, 3.05) is 18.5 Å². The second-order valence-corrected chi connectivity index (χ2v) is 8.05. The molecule has 0 radical (unpaired) electrons. The molecule has 0 saturated heterocycles. The van der Waals surface area contributed by atoms with Crippen LogP contribution in [-0.2, 0) is 0 Å². The van der Waals surface area contributed by atoms with Crippen LogP contribution in [-0.4, -0.2) is 40.2 Å². The van der Waals surface area contributed by atoms with Gasteiger partial charge in [-0.3, -0.25) is 9.59 Å². The Balaban J connectivity index is 2.17. The fraction of sp³-hybridized carbons (Fsp3) is 0.158. The van der Waals surface area contributed by atoms with Crippen molar-refractivity contribution in [3.63, 3.8) is 0 Å². The first-order valence-corrected chi connectivity index (χ1v) is 10.6. The highest BCUT2D eigenvalue weighted by Gasteiger charge is 2.28. The molecule has 1 aromatic carbocycles. The molecular formula is C19H15BrCl3N5O2. The van der Waals surface area contributed by atoms with E-state index in [2.05, 4.69) is 31.3 Å². The minimum Gasteiger partial charge on any atom is -0.355 e. The molecule has 0 spiro atoms. The van der Waals surface area contributed by atoms with Gasteiger partial charge in [0.25, 0.3) is 11.8 Å². The summed E-state index contributed by atoms with van der Waals surface area (Å²) in [6.45, 7) is 1.99. The Kier molecular flexibility index (Phi) is 7.02. The van der Waals surface area contributed by atoms with Gasteiger partial charge in [-0.1, -0.05) is 34.8 Å². The smallest absolute Gasteiger partial charge is 0.277 e. The number of anilines is 1. The van der Waals surface area contributed by atoms with Gasteiger partial charge < -0.3 is 10.2 Å². The highest BCUT2D eigenvalue weighted by atomic mass is 79.9. The second-order valence-electron chi connectivity index (χ2n) is 5.99. The Labute approximate surface area is 196 Å². The van der Waals surface area contributed by atoms with E-state index >= 15 is 0 Å². The fourth-order valence-corrected chi connectivity index (χ4v) is 4.06. The van der Waals surface area contributed by atoms with E-state index in [0.717, 1.165) is 0 Å². The number of aromatic nitrogens is 3. The SMILES string of the molecule is CCN(C(=O)c1cc(Br)nn1-c1ncccc1Cl)c1c(Cl)cc(Cl)cc1C(=O)NC. The number of nitrogens with one attached hydrogen (secondary N) is 1. The van der Waals surface area contributed by atoms with Crippen LogP contribution in [0.3, 0.4) is 0 Å². The van der Waals surface area contributed by atoms with Crippen LogP contribution in [0.25, 0.3) is 5.82 Å². The van der Waals surface area contributed by atoms with E-state index in [1.807, 2.05) is 0 Å². The zero-order chi connectivity index (χ0) is 22.0. The van der Waals surface area contributed by atoms with E-state index in [1.165, 1.54) is 28.8 Å². The molecular weight excluding hydrogens is 517 g/mol. The number of carbonyl (C=O) groups excluding carboxylic acids is 2. The molecule has 0 unspecified atom stereocenters. The summed E-state index contributed by atoms with van der Waals surface area (Å²) in [6.07, 6.45) is 1.54. The van der Waals surface area contributed by atoms with E-state index < -0.39 is 11.8 Å². The van der Waals surface area contributed by atoms with Gasteiger partial charge in [0, 0.05) is 30.9 Å². The Morgan fingerprint density at radius 1 is 1.20 bits per heavy atom. The van der Waals surface area contributed by atoms with Gasteiger partial charge in [0.05, 0.1) is 21.3 Å². The van der Waals surface area contributed by atoms with Gasteiger partial charge in [-0.2, -0.15) is 5.10 Å². The standard InChI is InChI=1S/C19H15BrCl3N5O2/c1-3-27(16-11(18(29)24-2)7-10(21)8-13(16)23)19(30)14-9-15(20)26-28(14)17-12(22)5-4-6-25-17/h4-9H,3H2,1-2H3,(H,24,29). The minimum atomic E-state index is -0.452. The van der Waals surface area contributed by atoms with Crippen molar-refractivity contribution in [3.05, 3.63) is 67.5 Å². The summed E-state index contributed by atoms with van der Waals surface area (Å²) >= 11 is 22.0. The predicted octanol–water partition coefficient (Wildman–Crippen LogP) is 5.02. The van der Waals surface area contributed by atoms with Gasteiger partial charge in [-0.15, -0.1) is 0 Å². The zero-order valence-electron chi connectivity index (χ0n) is 15.8. The first kappa shape index (κ1) is 22.6. The Morgan fingerprint density at radius 2 is 1.93 bits per heavy atom. The van der Waals surface area contributed by atoms with Crippen molar-refractivity contribution in [1.29, 1.82) is 0 Å². The number of carbonyl (C=O) groups is 2. The van der Waals surface area contributed by atoms with E-state index in [4.69, 9.17) is 34.8 Å². The lowest BCUT2D eigenvalue weighted by Gasteiger charge is -2.25. The monoisotopic (exact) mass is 529 g/mol. The topological polar surface area (TPSA) is 80.1 Å². The van der Waals surface area contributed by atoms with Gasteiger partial charge in [0.15, 0.2) is 5.82 Å². The molecule has 0 fully saturated rings. The number of hydrogen-bond acceptors (Lipinski definition) is 4. The average Bonchev–Trinajstić information content (AvgIpc) is 3.10. The van der Waals surface area contributed by atoms with Crippen LogP contribution < -0.4 is 10.2 Å². The predicted molar refractivity (Wildman–Crippen MR) is 121 cm³/mol. The molecule has 1 N–H and O–H groups in total. The largest absolute Gasteiger partial charge is 0.355 e. The molecule has 156 valence electrons. The molecule has 30 heavy (non-hydrogen) atoms. The molecule has 11 heteroatoms. The summed E-state index contributed by atoms with van der Waals surface area (Å²) in [7, 11) is 1.48. The van der Waals surface area contributed by atoms with Crippen LogP contribution in [0.5, 0.6) is 0 Å². The number of nitrogens with zero attached hydrogens (tertiary/aromatic N) is 4. The molecule has 0 atom stereocenters. The van der Waals surface area contributed by atoms with E-state index in [0.29, 0.717) is 9.63 Å². The molecule has 2 heterocycles. The first-order valence-electron chi connectivity index (χ1n) is 8.67. The molecule has 0 aliphatic rings. The molecule has 0 bridgehead atoms. The van der Waals surface area contributed by atoms with E-state index in [-0.39, 0.29) is 39.4 Å². The summed E-state index contributed by atoms with van der Waals surface area (Å²) < 4.78 is 1.75. The number of benzene rings is 1. The summed E-state index contributed by atoms with van der Waals surface area (Å²) in [5, 5.41) is 7.59. The third-order valence-corrected chi connectivity index (χ3v) is 5.36. The third kappa shape index (κ3) is 4.32. The van der Waals surface area contributed by atoms with Crippen LogP contribution >= 0.6 is 50.7 Å². The number of hydrogen-bond donors (Lipinski definition) is 1. The van der Waals surface area contributed by atoms with Crippen molar-refractivity contribution < 1.29 is 9.59 Å². The van der Waals surface area contributed by atoms with Crippen LogP contribution in [0, 0.1) is 0 Å². The van der Waals surface area contributed by atoms with Crippen LogP contribution in [0.15, 0.2) is 41.1 Å². The molecule has 3 aromatic rings. The van der Waals surface area contributed by atoms with Crippen molar-refractivity contribution in [2.24, 2.45) is 0 Å². The average molecular weight is 532 g/mol. The maximum absolute atomic E-state index is 13.5. The number of halogens is 4. The van der Waals surface area contributed by atoms with Gasteiger partial charge in [0.2, 0.25) is 0 Å². The van der Waals surface area contributed by atoms with E-state index in [1.54, 1.807) is 31.3 Å². The van der Waals surface area contributed by atoms with Crippen molar-refractivity contribution in [3.8, 4) is 5.82 Å². The molecule has 2 amide bonds. The van der Waals surface area contributed by atoms with Crippen LogP contribution in [0.2, 0.25) is 15.1 Å². The summed E-state index contributed by atoms with van der Waals surface area (Å²) in [5.74, 6) is -0.590. The number of pyridine rings is 1. The molecule has 2 aromatic heterocycles. The van der Waals surface area contributed by atoms with Crippen molar-refractivity contribution >= 4 is 68.2 Å². The summed E-state index contributed by atoms with van der Waals surface area (Å²) in [6, 6.07) is 7.79. The van der Waals surface area contributed by atoms with Gasteiger partial charge in [-0.25, -0.2) is 9.67 Å². The number of amides is 2. The first-order chi connectivity index (χ1) is 14.3. The fourth-order valence-electron chi connectivity index (χ4n) is 2.89. The second kappa shape index (κ2) is 9.34. The van der Waals surface area contributed by atoms with Gasteiger partial charge in [-0.05, 0) is 47.1 Å². The Bertz CT molecular complexity index is 1140. The van der Waals surface area contributed by atoms with Crippen molar-refractivity contribution in [1.82, 2.24) is 20.1 Å². The molecule has 0 aliphatic heterocycles. The van der Waals surface area contributed by atoms with Crippen LogP contribution in [0.1, 0.15) is 27.8 Å². The molecule has 0 saturated carbocycles. The summed E-state index contributed by atoms with van der Waals surface area (Å²) in [4.78, 5) is 31.6. The molecule has 3 rings (SSSR count).